The van der Waals surface area contributed by atoms with Gasteiger partial charge in [-0.05, 0) is 35.4 Å². The summed E-state index contributed by atoms with van der Waals surface area (Å²) < 4.78 is 0. The predicted molar refractivity (Wildman–Crippen MR) is 120 cm³/mol. The van der Waals surface area contributed by atoms with Crippen LogP contribution in [0.4, 0.5) is 0 Å². The molecule has 1 unspecified atom stereocenters. The average Bonchev–Trinajstić information content (AvgIpc) is 3.47. The van der Waals surface area contributed by atoms with Gasteiger partial charge in [-0.1, -0.05) is 66.7 Å². The summed E-state index contributed by atoms with van der Waals surface area (Å²) in [5, 5.41) is 5.11. The van der Waals surface area contributed by atoms with Crippen LogP contribution in [0.2, 0.25) is 0 Å². The summed E-state index contributed by atoms with van der Waals surface area (Å²) in [4.78, 5) is 28.6. The van der Waals surface area contributed by atoms with E-state index in [-0.39, 0.29) is 23.8 Å². The highest BCUT2D eigenvalue weighted by Crippen LogP contribution is 2.25. The van der Waals surface area contributed by atoms with Crippen LogP contribution in [0.3, 0.4) is 0 Å². The highest BCUT2D eigenvalue weighted by Gasteiger charge is 2.34. The van der Waals surface area contributed by atoms with Gasteiger partial charge < -0.3 is 10.2 Å². The van der Waals surface area contributed by atoms with Gasteiger partial charge in [-0.25, -0.2) is 0 Å². The SMILES string of the molecule is O=C(NCC(c1ccccc1)c1ccccc1)C1CCCN1C(=O)Cc1cccs1. The molecule has 1 saturated heterocycles. The highest BCUT2D eigenvalue weighted by atomic mass is 32.1. The van der Waals surface area contributed by atoms with Gasteiger partial charge in [-0.15, -0.1) is 11.3 Å². The van der Waals surface area contributed by atoms with Crippen LogP contribution in [0.15, 0.2) is 78.2 Å². The number of rotatable bonds is 7. The van der Waals surface area contributed by atoms with Crippen LogP contribution in [0.25, 0.3) is 0 Å². The van der Waals surface area contributed by atoms with E-state index in [0.717, 1.165) is 17.7 Å². The van der Waals surface area contributed by atoms with Gasteiger partial charge in [-0.3, -0.25) is 9.59 Å². The number of nitrogens with zero attached hydrogens (tertiary/aromatic N) is 1. The van der Waals surface area contributed by atoms with Crippen molar-refractivity contribution >= 4 is 23.2 Å². The van der Waals surface area contributed by atoms with Crippen molar-refractivity contribution in [2.24, 2.45) is 0 Å². The van der Waals surface area contributed by atoms with Gasteiger partial charge in [0.1, 0.15) is 6.04 Å². The van der Waals surface area contributed by atoms with Crippen molar-refractivity contribution in [1.82, 2.24) is 10.2 Å². The lowest BCUT2D eigenvalue weighted by Crippen LogP contribution is -2.47. The zero-order chi connectivity index (χ0) is 20.8. The minimum atomic E-state index is -0.371. The van der Waals surface area contributed by atoms with Crippen LogP contribution in [0.1, 0.15) is 34.8 Å². The van der Waals surface area contributed by atoms with Crippen LogP contribution in [-0.4, -0.2) is 35.8 Å². The summed E-state index contributed by atoms with van der Waals surface area (Å²) in [6.45, 7) is 1.17. The Bertz CT molecular complexity index is 918. The predicted octanol–water partition coefficient (Wildman–Crippen LogP) is 4.23. The molecule has 30 heavy (non-hydrogen) atoms. The standard InChI is InChI=1S/C25H26N2O2S/c28-24(17-21-13-8-16-30-21)27-15-7-14-23(27)25(29)26-18-22(19-9-3-1-4-10-19)20-11-5-2-6-12-20/h1-6,8-13,16,22-23H,7,14-15,17-18H2,(H,26,29). The molecule has 1 fully saturated rings. The van der Waals surface area contributed by atoms with Gasteiger partial charge in [0, 0.05) is 23.9 Å². The van der Waals surface area contributed by atoms with Crippen molar-refractivity contribution < 1.29 is 9.59 Å². The van der Waals surface area contributed by atoms with Crippen molar-refractivity contribution in [3.63, 3.8) is 0 Å². The Morgan fingerprint density at radius 2 is 1.63 bits per heavy atom. The molecule has 1 N–H and O–H groups in total. The summed E-state index contributed by atoms with van der Waals surface area (Å²) in [5.74, 6) is 0.0645. The summed E-state index contributed by atoms with van der Waals surface area (Å²) in [7, 11) is 0. The van der Waals surface area contributed by atoms with E-state index in [2.05, 4.69) is 29.6 Å². The first kappa shape index (κ1) is 20.4. The minimum Gasteiger partial charge on any atom is -0.353 e. The van der Waals surface area contributed by atoms with Gasteiger partial charge in [0.15, 0.2) is 0 Å². The Morgan fingerprint density at radius 1 is 0.967 bits per heavy atom. The molecule has 1 aromatic heterocycles. The second-order valence-electron chi connectivity index (χ2n) is 7.62. The van der Waals surface area contributed by atoms with E-state index >= 15 is 0 Å². The Kier molecular flexibility index (Phi) is 6.60. The van der Waals surface area contributed by atoms with E-state index in [0.29, 0.717) is 19.5 Å². The molecule has 0 spiro atoms. The largest absolute Gasteiger partial charge is 0.353 e. The van der Waals surface area contributed by atoms with Gasteiger partial charge in [0.05, 0.1) is 6.42 Å². The first-order chi connectivity index (χ1) is 14.7. The molecular weight excluding hydrogens is 392 g/mol. The average molecular weight is 419 g/mol. The molecule has 0 saturated carbocycles. The maximum atomic E-state index is 13.0. The number of carbonyl (C=O) groups excluding carboxylic acids is 2. The van der Waals surface area contributed by atoms with Gasteiger partial charge in [0.25, 0.3) is 0 Å². The number of hydrogen-bond acceptors (Lipinski definition) is 3. The molecule has 2 aromatic carbocycles. The van der Waals surface area contributed by atoms with E-state index < -0.39 is 0 Å². The number of nitrogens with one attached hydrogen (secondary N) is 1. The fraction of sp³-hybridized carbons (Fsp3) is 0.280. The third kappa shape index (κ3) is 4.79. The van der Waals surface area contributed by atoms with Crippen LogP contribution >= 0.6 is 11.3 Å². The molecule has 0 aliphatic carbocycles. The van der Waals surface area contributed by atoms with Crippen LogP contribution in [-0.2, 0) is 16.0 Å². The van der Waals surface area contributed by atoms with Crippen molar-refractivity contribution in [3.05, 3.63) is 94.2 Å². The maximum Gasteiger partial charge on any atom is 0.242 e. The lowest BCUT2D eigenvalue weighted by atomic mass is 9.91. The molecule has 2 amide bonds. The Hall–Kier alpha value is -2.92. The maximum absolute atomic E-state index is 13.0. The Balaban J connectivity index is 1.43. The zero-order valence-corrected chi connectivity index (χ0v) is 17.7. The van der Waals surface area contributed by atoms with E-state index in [1.807, 2.05) is 53.9 Å². The van der Waals surface area contributed by atoms with Gasteiger partial charge in [0.2, 0.25) is 11.8 Å². The van der Waals surface area contributed by atoms with Crippen molar-refractivity contribution in [2.75, 3.05) is 13.1 Å². The first-order valence-corrected chi connectivity index (χ1v) is 11.3. The molecule has 1 atom stereocenters. The Labute approximate surface area is 181 Å². The molecule has 5 heteroatoms. The molecule has 1 aliphatic rings. The number of carbonyl (C=O) groups is 2. The third-order valence-corrected chi connectivity index (χ3v) is 6.54. The van der Waals surface area contributed by atoms with Gasteiger partial charge in [-0.2, -0.15) is 0 Å². The summed E-state index contributed by atoms with van der Waals surface area (Å²) in [6.07, 6.45) is 1.97. The monoisotopic (exact) mass is 418 g/mol. The minimum absolute atomic E-state index is 0.0396. The number of hydrogen-bond donors (Lipinski definition) is 1. The van der Waals surface area contributed by atoms with Crippen LogP contribution in [0, 0.1) is 0 Å². The lowest BCUT2D eigenvalue weighted by Gasteiger charge is -2.25. The third-order valence-electron chi connectivity index (χ3n) is 5.67. The van der Waals surface area contributed by atoms with Crippen molar-refractivity contribution in [1.29, 1.82) is 0 Å². The molecule has 4 rings (SSSR count). The lowest BCUT2D eigenvalue weighted by molar-refractivity contribution is -0.137. The second-order valence-corrected chi connectivity index (χ2v) is 8.65. The number of amides is 2. The van der Waals surface area contributed by atoms with E-state index in [9.17, 15) is 9.59 Å². The zero-order valence-electron chi connectivity index (χ0n) is 16.9. The smallest absolute Gasteiger partial charge is 0.242 e. The molecule has 0 bridgehead atoms. The quantitative estimate of drug-likeness (QED) is 0.624. The summed E-state index contributed by atoms with van der Waals surface area (Å²) >= 11 is 1.58. The van der Waals surface area contributed by atoms with Crippen LogP contribution < -0.4 is 5.32 Å². The normalized spacial score (nSPS) is 16.0. The number of likely N-dealkylation sites (tertiary alicyclic amines) is 1. The number of benzene rings is 2. The van der Waals surface area contributed by atoms with E-state index in [1.165, 1.54) is 11.1 Å². The van der Waals surface area contributed by atoms with Gasteiger partial charge >= 0.3 is 0 Å². The first-order valence-electron chi connectivity index (χ1n) is 10.4. The van der Waals surface area contributed by atoms with E-state index in [1.54, 1.807) is 16.2 Å². The highest BCUT2D eigenvalue weighted by molar-refractivity contribution is 7.10. The molecular formula is C25H26N2O2S. The molecule has 154 valence electrons. The fourth-order valence-electron chi connectivity index (χ4n) is 4.12. The van der Waals surface area contributed by atoms with Crippen molar-refractivity contribution in [3.8, 4) is 0 Å². The van der Waals surface area contributed by atoms with Crippen LogP contribution in [0.5, 0.6) is 0 Å². The second kappa shape index (κ2) is 9.72. The topological polar surface area (TPSA) is 49.4 Å². The van der Waals surface area contributed by atoms with Crippen molar-refractivity contribution in [2.45, 2.75) is 31.2 Å². The Morgan fingerprint density at radius 3 is 2.23 bits per heavy atom. The molecule has 2 heterocycles. The molecule has 0 radical (unpaired) electrons. The fourth-order valence-corrected chi connectivity index (χ4v) is 4.82. The summed E-state index contributed by atoms with van der Waals surface area (Å²) in [6, 6.07) is 24.0. The number of thiophene rings is 1. The molecule has 4 nitrogen and oxygen atoms in total. The van der Waals surface area contributed by atoms with E-state index in [4.69, 9.17) is 0 Å². The molecule has 1 aliphatic heterocycles. The molecule has 3 aromatic rings. The summed E-state index contributed by atoms with van der Waals surface area (Å²) in [5.41, 5.74) is 2.34.